The van der Waals surface area contributed by atoms with Crippen LogP contribution in [0.1, 0.15) is 50.6 Å². The number of aryl methyl sites for hydroxylation is 1. The highest BCUT2D eigenvalue weighted by atomic mass is 32.2. The van der Waals surface area contributed by atoms with Gasteiger partial charge in [-0.05, 0) is 26.2 Å². The molecular formula is C16H26N4O2S. The summed E-state index contributed by atoms with van der Waals surface area (Å²) in [5.41, 5.74) is 0.888. The standard InChI is InChI=1S/C16H26N4O2S/c1-12-10-15(18-13-6-4-2-3-5-7-13)20-16(17-12)19-14-8-9-23(21,22)11-14/h10,13-14H,2-9,11H2,1H3,(H2,17,18,19,20). The van der Waals surface area contributed by atoms with Crippen LogP contribution < -0.4 is 10.6 Å². The van der Waals surface area contributed by atoms with E-state index in [1.807, 2.05) is 13.0 Å². The van der Waals surface area contributed by atoms with Crippen molar-refractivity contribution < 1.29 is 8.42 Å². The topological polar surface area (TPSA) is 84.0 Å². The number of rotatable bonds is 4. The molecule has 23 heavy (non-hydrogen) atoms. The molecule has 0 aromatic carbocycles. The largest absolute Gasteiger partial charge is 0.367 e. The fourth-order valence-corrected chi connectivity index (χ4v) is 5.10. The van der Waals surface area contributed by atoms with Gasteiger partial charge in [-0.3, -0.25) is 0 Å². The highest BCUT2D eigenvalue weighted by Gasteiger charge is 2.28. The molecule has 2 heterocycles. The van der Waals surface area contributed by atoms with Crippen LogP contribution in [0.5, 0.6) is 0 Å². The van der Waals surface area contributed by atoms with Crippen LogP contribution in [0.15, 0.2) is 6.07 Å². The predicted molar refractivity (Wildman–Crippen MR) is 92.6 cm³/mol. The normalized spacial score (nSPS) is 25.0. The molecule has 6 nitrogen and oxygen atoms in total. The Balaban J connectivity index is 1.66. The van der Waals surface area contributed by atoms with Gasteiger partial charge in [-0.25, -0.2) is 13.4 Å². The minimum absolute atomic E-state index is 0.0764. The number of hydrogen-bond acceptors (Lipinski definition) is 6. The van der Waals surface area contributed by atoms with Gasteiger partial charge in [-0.2, -0.15) is 4.98 Å². The molecule has 2 N–H and O–H groups in total. The summed E-state index contributed by atoms with van der Waals surface area (Å²) in [6.45, 7) is 1.94. The van der Waals surface area contributed by atoms with Crippen molar-refractivity contribution in [3.8, 4) is 0 Å². The summed E-state index contributed by atoms with van der Waals surface area (Å²) in [4.78, 5) is 8.94. The van der Waals surface area contributed by atoms with Gasteiger partial charge in [-0.15, -0.1) is 0 Å². The Bertz CT molecular complexity index is 639. The van der Waals surface area contributed by atoms with E-state index in [9.17, 15) is 8.42 Å². The smallest absolute Gasteiger partial charge is 0.225 e. The Hall–Kier alpha value is -1.37. The number of nitrogens with zero attached hydrogens (tertiary/aromatic N) is 2. The summed E-state index contributed by atoms with van der Waals surface area (Å²) in [5, 5.41) is 6.72. The molecule has 1 saturated carbocycles. The number of nitrogens with one attached hydrogen (secondary N) is 2. The number of sulfone groups is 1. The molecule has 2 aliphatic rings. The quantitative estimate of drug-likeness (QED) is 0.821. The molecule has 7 heteroatoms. The number of hydrogen-bond donors (Lipinski definition) is 2. The minimum atomic E-state index is -2.90. The lowest BCUT2D eigenvalue weighted by Crippen LogP contribution is -2.23. The zero-order valence-corrected chi connectivity index (χ0v) is 14.5. The van der Waals surface area contributed by atoms with E-state index < -0.39 is 9.84 Å². The number of anilines is 2. The van der Waals surface area contributed by atoms with Crippen molar-refractivity contribution in [1.29, 1.82) is 0 Å². The second kappa shape index (κ2) is 7.03. The first-order valence-corrected chi connectivity index (χ1v) is 10.4. The second-order valence-electron chi connectivity index (χ2n) is 6.80. The first-order chi connectivity index (χ1) is 11.0. The van der Waals surface area contributed by atoms with Crippen LogP contribution in [0, 0.1) is 6.92 Å². The highest BCUT2D eigenvalue weighted by molar-refractivity contribution is 7.91. The molecule has 1 atom stereocenters. The third-order valence-corrected chi connectivity index (χ3v) is 6.39. The van der Waals surface area contributed by atoms with E-state index in [2.05, 4.69) is 20.6 Å². The summed E-state index contributed by atoms with van der Waals surface area (Å²) in [5.74, 6) is 1.80. The fraction of sp³-hybridized carbons (Fsp3) is 0.750. The molecule has 1 aliphatic carbocycles. The monoisotopic (exact) mass is 338 g/mol. The number of aromatic nitrogens is 2. The van der Waals surface area contributed by atoms with Crippen LogP contribution in [0.2, 0.25) is 0 Å². The maximum atomic E-state index is 11.6. The first-order valence-electron chi connectivity index (χ1n) is 8.59. The van der Waals surface area contributed by atoms with Crippen molar-refractivity contribution in [3.05, 3.63) is 11.8 Å². The SMILES string of the molecule is Cc1cc(NC2CCCCCC2)nc(NC2CCS(=O)(=O)C2)n1. The maximum absolute atomic E-state index is 11.6. The summed E-state index contributed by atoms with van der Waals surface area (Å²) >= 11 is 0. The average Bonchev–Trinajstić information content (AvgIpc) is 2.67. The van der Waals surface area contributed by atoms with Gasteiger partial charge in [0.2, 0.25) is 5.95 Å². The van der Waals surface area contributed by atoms with Crippen LogP contribution in [0.25, 0.3) is 0 Å². The molecular weight excluding hydrogens is 312 g/mol. The molecule has 1 aliphatic heterocycles. The summed E-state index contributed by atoms with van der Waals surface area (Å²) < 4.78 is 23.1. The van der Waals surface area contributed by atoms with Crippen molar-refractivity contribution in [2.75, 3.05) is 22.1 Å². The van der Waals surface area contributed by atoms with E-state index in [1.54, 1.807) is 0 Å². The van der Waals surface area contributed by atoms with E-state index in [-0.39, 0.29) is 17.5 Å². The Morgan fingerprint density at radius 1 is 1.00 bits per heavy atom. The summed E-state index contributed by atoms with van der Waals surface area (Å²) in [7, 11) is -2.90. The van der Waals surface area contributed by atoms with Gasteiger partial charge in [0.1, 0.15) is 5.82 Å². The lowest BCUT2D eigenvalue weighted by atomic mass is 10.1. The molecule has 3 rings (SSSR count). The molecule has 0 amide bonds. The highest BCUT2D eigenvalue weighted by Crippen LogP contribution is 2.22. The third kappa shape index (κ3) is 4.80. The van der Waals surface area contributed by atoms with E-state index in [1.165, 1.54) is 38.5 Å². The van der Waals surface area contributed by atoms with Gasteiger partial charge in [0.15, 0.2) is 9.84 Å². The lowest BCUT2D eigenvalue weighted by molar-refractivity contribution is 0.602. The van der Waals surface area contributed by atoms with E-state index in [4.69, 9.17) is 0 Å². The van der Waals surface area contributed by atoms with Crippen LogP contribution in [0.3, 0.4) is 0 Å². The second-order valence-corrected chi connectivity index (χ2v) is 9.02. The van der Waals surface area contributed by atoms with E-state index in [0.29, 0.717) is 18.4 Å². The van der Waals surface area contributed by atoms with Gasteiger partial charge < -0.3 is 10.6 Å². The minimum Gasteiger partial charge on any atom is -0.367 e. The molecule has 0 bridgehead atoms. The van der Waals surface area contributed by atoms with Gasteiger partial charge >= 0.3 is 0 Å². The van der Waals surface area contributed by atoms with Crippen molar-refractivity contribution in [2.24, 2.45) is 0 Å². The molecule has 1 aromatic rings. The van der Waals surface area contributed by atoms with Crippen molar-refractivity contribution in [3.63, 3.8) is 0 Å². The van der Waals surface area contributed by atoms with Gasteiger partial charge in [0.05, 0.1) is 11.5 Å². The van der Waals surface area contributed by atoms with Gasteiger partial charge in [0, 0.05) is 23.8 Å². The average molecular weight is 338 g/mol. The maximum Gasteiger partial charge on any atom is 0.225 e. The molecule has 1 unspecified atom stereocenters. The third-order valence-electron chi connectivity index (χ3n) is 4.63. The van der Waals surface area contributed by atoms with Gasteiger partial charge in [0.25, 0.3) is 0 Å². The van der Waals surface area contributed by atoms with E-state index >= 15 is 0 Å². The van der Waals surface area contributed by atoms with Crippen molar-refractivity contribution >= 4 is 21.6 Å². The molecule has 128 valence electrons. The van der Waals surface area contributed by atoms with Crippen LogP contribution in [-0.4, -0.2) is 42.0 Å². The molecule has 0 radical (unpaired) electrons. The molecule has 2 fully saturated rings. The summed E-state index contributed by atoms with van der Waals surface area (Å²) in [6.07, 6.45) is 8.19. The fourth-order valence-electron chi connectivity index (χ4n) is 3.43. The molecule has 1 saturated heterocycles. The zero-order valence-electron chi connectivity index (χ0n) is 13.7. The predicted octanol–water partition coefficient (Wildman–Crippen LogP) is 2.52. The van der Waals surface area contributed by atoms with Crippen LogP contribution in [0.4, 0.5) is 11.8 Å². The Morgan fingerprint density at radius 2 is 1.74 bits per heavy atom. The van der Waals surface area contributed by atoms with Crippen molar-refractivity contribution in [1.82, 2.24) is 9.97 Å². The molecule has 1 aromatic heterocycles. The van der Waals surface area contributed by atoms with Crippen LogP contribution >= 0.6 is 0 Å². The van der Waals surface area contributed by atoms with Crippen LogP contribution in [-0.2, 0) is 9.84 Å². The summed E-state index contributed by atoms with van der Waals surface area (Å²) in [6, 6.07) is 2.36. The Kier molecular flexibility index (Phi) is 5.04. The van der Waals surface area contributed by atoms with E-state index in [0.717, 1.165) is 11.5 Å². The lowest BCUT2D eigenvalue weighted by Gasteiger charge is -2.18. The van der Waals surface area contributed by atoms with Gasteiger partial charge in [-0.1, -0.05) is 25.7 Å². The van der Waals surface area contributed by atoms with Crippen molar-refractivity contribution in [2.45, 2.75) is 64.0 Å². The zero-order chi connectivity index (χ0) is 16.3. The molecule has 0 spiro atoms. The first kappa shape index (κ1) is 16.5. The Morgan fingerprint density at radius 3 is 2.39 bits per heavy atom. The Labute approximate surface area is 138 Å².